The second-order valence-electron chi connectivity index (χ2n) is 10.1. The molecular weight excluding hydrogens is 517 g/mol. The molecule has 1 unspecified atom stereocenters. The summed E-state index contributed by atoms with van der Waals surface area (Å²) in [6.45, 7) is 12.8. The van der Waals surface area contributed by atoms with Crippen molar-refractivity contribution < 1.29 is 18.7 Å². The number of anilines is 1. The van der Waals surface area contributed by atoms with E-state index in [0.29, 0.717) is 54.0 Å². The maximum absolute atomic E-state index is 15.4. The number of ether oxygens (including phenoxy) is 2. The molecule has 190 valence electrons. The van der Waals surface area contributed by atoms with Gasteiger partial charge in [0.25, 0.3) is 0 Å². The van der Waals surface area contributed by atoms with Crippen molar-refractivity contribution in [2.24, 2.45) is 0 Å². The van der Waals surface area contributed by atoms with E-state index in [0.717, 1.165) is 19.4 Å². The maximum atomic E-state index is 15.4. The van der Waals surface area contributed by atoms with Crippen molar-refractivity contribution in [1.82, 2.24) is 19.8 Å². The molecule has 2 fully saturated rings. The molecule has 1 aromatic carbocycles. The molecule has 3 heterocycles. The van der Waals surface area contributed by atoms with Crippen LogP contribution >= 0.6 is 15.9 Å². The highest BCUT2D eigenvalue weighted by atomic mass is 79.9. The molecule has 35 heavy (non-hydrogen) atoms. The number of halogens is 2. The molecule has 1 atom stereocenters. The number of carbonyl (C=O) groups excluding carboxylic acids is 1. The standard InChI is InChI=1S/C25H33BrFN5O3/c1-6-16-14-18-21(20(27)19(16)26)28-23(34-15-17-8-7-9-30(17)5)29-22(18)31-10-12-32(13-11-31)24(33)35-25(2,3)4/h6,14,17H,1,7-13,15H2,2-5H3. The summed E-state index contributed by atoms with van der Waals surface area (Å²) in [5, 5.41) is 0.580. The molecule has 2 aliphatic heterocycles. The summed E-state index contributed by atoms with van der Waals surface area (Å²) in [6.07, 6.45) is 3.43. The van der Waals surface area contributed by atoms with E-state index in [2.05, 4.69) is 39.4 Å². The van der Waals surface area contributed by atoms with E-state index in [1.807, 2.05) is 31.7 Å². The molecule has 1 aromatic heterocycles. The average Bonchev–Trinajstić information content (AvgIpc) is 3.23. The lowest BCUT2D eigenvalue weighted by Gasteiger charge is -2.36. The molecule has 0 radical (unpaired) electrons. The Bertz CT molecular complexity index is 1110. The van der Waals surface area contributed by atoms with Crippen molar-refractivity contribution >= 4 is 44.8 Å². The number of carbonyl (C=O) groups is 1. The lowest BCUT2D eigenvalue weighted by atomic mass is 10.1. The van der Waals surface area contributed by atoms with Gasteiger partial charge in [0.1, 0.15) is 23.5 Å². The summed E-state index contributed by atoms with van der Waals surface area (Å²) < 4.78 is 27.2. The van der Waals surface area contributed by atoms with Crippen molar-refractivity contribution in [2.45, 2.75) is 45.3 Å². The van der Waals surface area contributed by atoms with Crippen LogP contribution in [0.2, 0.25) is 0 Å². The minimum Gasteiger partial charge on any atom is -0.462 e. The first-order valence-corrected chi connectivity index (χ1v) is 12.7. The van der Waals surface area contributed by atoms with Gasteiger partial charge in [0.15, 0.2) is 5.82 Å². The van der Waals surface area contributed by atoms with Crippen LogP contribution in [-0.2, 0) is 4.74 Å². The van der Waals surface area contributed by atoms with Crippen LogP contribution in [0.15, 0.2) is 17.1 Å². The average molecular weight is 550 g/mol. The third kappa shape index (κ3) is 5.69. The largest absolute Gasteiger partial charge is 0.462 e. The highest BCUT2D eigenvalue weighted by molar-refractivity contribution is 9.10. The fraction of sp³-hybridized carbons (Fsp3) is 0.560. The predicted molar refractivity (Wildman–Crippen MR) is 138 cm³/mol. The van der Waals surface area contributed by atoms with Crippen molar-refractivity contribution in [1.29, 1.82) is 0 Å². The summed E-state index contributed by atoms with van der Waals surface area (Å²) in [5.41, 5.74) is 0.258. The number of nitrogens with zero attached hydrogens (tertiary/aromatic N) is 5. The second kappa shape index (κ2) is 10.3. The Hall–Kier alpha value is -2.46. The molecule has 0 bridgehead atoms. The number of aromatic nitrogens is 2. The number of rotatable bonds is 5. The molecular formula is C25H33BrFN5O3. The van der Waals surface area contributed by atoms with Gasteiger partial charge in [-0.25, -0.2) is 9.18 Å². The van der Waals surface area contributed by atoms with Crippen LogP contribution < -0.4 is 9.64 Å². The Morgan fingerprint density at radius 1 is 1.26 bits per heavy atom. The van der Waals surface area contributed by atoms with Crippen molar-refractivity contribution in [3.8, 4) is 6.01 Å². The first-order valence-electron chi connectivity index (χ1n) is 12.0. The van der Waals surface area contributed by atoms with Crippen molar-refractivity contribution in [3.05, 3.63) is 28.5 Å². The van der Waals surface area contributed by atoms with Gasteiger partial charge in [-0.05, 0) is 74.8 Å². The van der Waals surface area contributed by atoms with Crippen LogP contribution in [0.3, 0.4) is 0 Å². The minimum absolute atomic E-state index is 0.152. The molecule has 0 spiro atoms. The third-order valence-electron chi connectivity index (χ3n) is 6.39. The Morgan fingerprint density at radius 2 is 1.97 bits per heavy atom. The van der Waals surface area contributed by atoms with Gasteiger partial charge in [0.2, 0.25) is 0 Å². The highest BCUT2D eigenvalue weighted by Crippen LogP contribution is 2.35. The van der Waals surface area contributed by atoms with Gasteiger partial charge in [-0.3, -0.25) is 0 Å². The van der Waals surface area contributed by atoms with Gasteiger partial charge in [-0.2, -0.15) is 9.97 Å². The molecule has 0 saturated carbocycles. The molecule has 2 aromatic rings. The van der Waals surface area contributed by atoms with E-state index in [4.69, 9.17) is 14.5 Å². The second-order valence-corrected chi connectivity index (χ2v) is 10.9. The summed E-state index contributed by atoms with van der Waals surface area (Å²) in [5.74, 6) is 0.111. The lowest BCUT2D eigenvalue weighted by Crippen LogP contribution is -2.50. The zero-order valence-corrected chi connectivity index (χ0v) is 22.4. The first kappa shape index (κ1) is 25.6. The van der Waals surface area contributed by atoms with Crippen LogP contribution in [0.5, 0.6) is 6.01 Å². The van der Waals surface area contributed by atoms with Crippen LogP contribution in [0.1, 0.15) is 39.2 Å². The number of amides is 1. The summed E-state index contributed by atoms with van der Waals surface area (Å²) >= 11 is 3.33. The van der Waals surface area contributed by atoms with Gasteiger partial charge in [-0.1, -0.05) is 12.7 Å². The Morgan fingerprint density at radius 3 is 2.57 bits per heavy atom. The minimum atomic E-state index is -0.553. The monoisotopic (exact) mass is 549 g/mol. The van der Waals surface area contributed by atoms with Crippen LogP contribution in [0.25, 0.3) is 17.0 Å². The fourth-order valence-electron chi connectivity index (χ4n) is 4.43. The van der Waals surface area contributed by atoms with Gasteiger partial charge in [0.05, 0.1) is 4.47 Å². The van der Waals surface area contributed by atoms with E-state index in [1.54, 1.807) is 11.0 Å². The Kier molecular flexibility index (Phi) is 7.51. The maximum Gasteiger partial charge on any atom is 0.410 e. The molecule has 4 rings (SSSR count). The lowest BCUT2D eigenvalue weighted by molar-refractivity contribution is 0.0240. The number of benzene rings is 1. The number of hydrogen-bond donors (Lipinski definition) is 0. The zero-order valence-electron chi connectivity index (χ0n) is 20.8. The van der Waals surface area contributed by atoms with Crippen molar-refractivity contribution in [2.75, 3.05) is 51.3 Å². The molecule has 8 nitrogen and oxygen atoms in total. The predicted octanol–water partition coefficient (Wildman–Crippen LogP) is 4.70. The summed E-state index contributed by atoms with van der Waals surface area (Å²) in [4.78, 5) is 27.6. The van der Waals surface area contributed by atoms with Crippen LogP contribution in [-0.4, -0.2) is 83.9 Å². The third-order valence-corrected chi connectivity index (χ3v) is 7.19. The van der Waals surface area contributed by atoms with E-state index < -0.39 is 11.4 Å². The van der Waals surface area contributed by atoms with Gasteiger partial charge in [0, 0.05) is 37.6 Å². The number of likely N-dealkylation sites (N-methyl/N-ethyl adjacent to an activating group) is 1. The smallest absolute Gasteiger partial charge is 0.410 e. The van der Waals surface area contributed by atoms with Gasteiger partial charge in [-0.15, -0.1) is 0 Å². The zero-order chi connectivity index (χ0) is 25.3. The molecule has 1 amide bonds. The first-order chi connectivity index (χ1) is 16.6. The van der Waals surface area contributed by atoms with E-state index in [9.17, 15) is 4.79 Å². The number of piperazine rings is 1. The number of fused-ring (bicyclic) bond motifs is 1. The van der Waals surface area contributed by atoms with E-state index in [-0.39, 0.29) is 23.7 Å². The van der Waals surface area contributed by atoms with Crippen molar-refractivity contribution in [3.63, 3.8) is 0 Å². The normalized spacial score (nSPS) is 19.3. The molecule has 10 heteroatoms. The molecule has 0 N–H and O–H groups in total. The van der Waals surface area contributed by atoms with E-state index in [1.165, 1.54) is 0 Å². The van der Waals surface area contributed by atoms with Gasteiger partial charge >= 0.3 is 12.1 Å². The summed E-state index contributed by atoms with van der Waals surface area (Å²) in [7, 11) is 2.07. The van der Waals surface area contributed by atoms with E-state index >= 15 is 4.39 Å². The SMILES string of the molecule is C=Cc1cc2c(N3CCN(C(=O)OC(C)(C)C)CC3)nc(OCC3CCCN3C)nc2c(F)c1Br. The molecule has 0 aliphatic carbocycles. The number of hydrogen-bond acceptors (Lipinski definition) is 7. The highest BCUT2D eigenvalue weighted by Gasteiger charge is 2.29. The van der Waals surface area contributed by atoms with Crippen LogP contribution in [0, 0.1) is 5.82 Å². The Balaban J connectivity index is 1.63. The topological polar surface area (TPSA) is 71.0 Å². The summed E-state index contributed by atoms with van der Waals surface area (Å²) in [6, 6.07) is 2.27. The fourth-order valence-corrected chi connectivity index (χ4v) is 4.89. The van der Waals surface area contributed by atoms with Gasteiger partial charge < -0.3 is 24.2 Å². The number of likely N-dealkylation sites (tertiary alicyclic amines) is 1. The molecule has 2 aliphatic rings. The molecule has 2 saturated heterocycles. The van der Waals surface area contributed by atoms with Crippen LogP contribution in [0.4, 0.5) is 15.0 Å². The Labute approximate surface area is 214 Å². The quantitative estimate of drug-likeness (QED) is 0.535.